The highest BCUT2D eigenvalue weighted by molar-refractivity contribution is 5.64. The Morgan fingerprint density at radius 3 is 2.26 bits per heavy atom. The lowest BCUT2D eigenvalue weighted by Gasteiger charge is -2.23. The first kappa shape index (κ1) is 18.7. The highest BCUT2D eigenvalue weighted by Gasteiger charge is 2.12. The molecule has 0 spiro atoms. The van der Waals surface area contributed by atoms with Crippen LogP contribution in [0.25, 0.3) is 0 Å². The average molecular weight is 361 g/mol. The van der Waals surface area contributed by atoms with Gasteiger partial charge in [0.2, 0.25) is 5.95 Å². The zero-order valence-electron chi connectivity index (χ0n) is 16.7. The molecule has 0 aliphatic rings. The summed E-state index contributed by atoms with van der Waals surface area (Å²) in [6, 6.07) is 18.7. The standard InChI is InChI=1S/C22H27N5/c1-6-27(20-9-7-8-16(2)14-20)21-15-17(3)23-22(25-21)24-18-10-12-19(13-11-18)26(4)5/h7-15H,6H2,1-5H3,(H,23,24,25). The van der Waals surface area contributed by atoms with E-state index in [4.69, 9.17) is 4.98 Å². The second-order valence-electron chi connectivity index (χ2n) is 6.84. The maximum atomic E-state index is 4.76. The van der Waals surface area contributed by atoms with Crippen LogP contribution in [0.3, 0.4) is 0 Å². The Morgan fingerprint density at radius 1 is 0.889 bits per heavy atom. The van der Waals surface area contributed by atoms with E-state index in [9.17, 15) is 0 Å². The van der Waals surface area contributed by atoms with Gasteiger partial charge in [-0.2, -0.15) is 4.98 Å². The molecular weight excluding hydrogens is 334 g/mol. The van der Waals surface area contributed by atoms with Gasteiger partial charge in [-0.15, -0.1) is 0 Å². The van der Waals surface area contributed by atoms with Gasteiger partial charge in [-0.3, -0.25) is 0 Å². The lowest BCUT2D eigenvalue weighted by atomic mass is 10.2. The van der Waals surface area contributed by atoms with Gasteiger partial charge >= 0.3 is 0 Å². The number of hydrogen-bond acceptors (Lipinski definition) is 5. The summed E-state index contributed by atoms with van der Waals surface area (Å²) in [5.41, 5.74) is 5.42. The van der Waals surface area contributed by atoms with Gasteiger partial charge in [0.05, 0.1) is 0 Å². The average Bonchev–Trinajstić information content (AvgIpc) is 2.62. The van der Waals surface area contributed by atoms with E-state index in [0.29, 0.717) is 5.95 Å². The second kappa shape index (κ2) is 8.08. The predicted molar refractivity (Wildman–Crippen MR) is 115 cm³/mol. The van der Waals surface area contributed by atoms with Crippen molar-refractivity contribution >= 4 is 28.8 Å². The number of aromatic nitrogens is 2. The molecule has 3 rings (SSSR count). The van der Waals surface area contributed by atoms with Crippen LogP contribution in [-0.4, -0.2) is 30.6 Å². The van der Waals surface area contributed by atoms with Crippen molar-refractivity contribution in [3.8, 4) is 0 Å². The van der Waals surface area contributed by atoms with Crippen LogP contribution in [0.5, 0.6) is 0 Å². The van der Waals surface area contributed by atoms with E-state index in [1.165, 1.54) is 5.56 Å². The molecule has 0 bridgehead atoms. The molecule has 0 unspecified atom stereocenters. The molecule has 0 radical (unpaired) electrons. The van der Waals surface area contributed by atoms with Crippen molar-refractivity contribution in [3.05, 3.63) is 65.9 Å². The zero-order valence-corrected chi connectivity index (χ0v) is 16.7. The summed E-state index contributed by atoms with van der Waals surface area (Å²) in [5.74, 6) is 1.50. The third-order valence-electron chi connectivity index (χ3n) is 4.39. The van der Waals surface area contributed by atoms with Crippen molar-refractivity contribution in [3.63, 3.8) is 0 Å². The first-order valence-corrected chi connectivity index (χ1v) is 9.20. The first-order valence-electron chi connectivity index (χ1n) is 9.20. The van der Waals surface area contributed by atoms with Crippen LogP contribution in [0.1, 0.15) is 18.2 Å². The van der Waals surface area contributed by atoms with Crippen molar-refractivity contribution < 1.29 is 0 Å². The normalized spacial score (nSPS) is 10.6. The number of hydrogen-bond donors (Lipinski definition) is 1. The van der Waals surface area contributed by atoms with Crippen molar-refractivity contribution in [1.29, 1.82) is 0 Å². The minimum absolute atomic E-state index is 0.605. The summed E-state index contributed by atoms with van der Waals surface area (Å²) < 4.78 is 0. The van der Waals surface area contributed by atoms with Crippen LogP contribution in [0.4, 0.5) is 28.8 Å². The molecule has 0 atom stereocenters. The summed E-state index contributed by atoms with van der Waals surface area (Å²) in [7, 11) is 4.06. The van der Waals surface area contributed by atoms with Crippen LogP contribution in [0, 0.1) is 13.8 Å². The molecule has 1 N–H and O–H groups in total. The minimum atomic E-state index is 0.605. The van der Waals surface area contributed by atoms with Crippen LogP contribution in [0.15, 0.2) is 54.6 Å². The molecule has 0 amide bonds. The number of nitrogens with zero attached hydrogens (tertiary/aromatic N) is 4. The topological polar surface area (TPSA) is 44.3 Å². The number of aryl methyl sites for hydroxylation is 2. The van der Waals surface area contributed by atoms with E-state index < -0.39 is 0 Å². The molecule has 0 saturated heterocycles. The number of nitrogens with one attached hydrogen (secondary N) is 1. The van der Waals surface area contributed by atoms with Gasteiger partial charge in [-0.1, -0.05) is 12.1 Å². The van der Waals surface area contributed by atoms with Crippen LogP contribution in [0.2, 0.25) is 0 Å². The third kappa shape index (κ3) is 4.56. The van der Waals surface area contributed by atoms with Gasteiger partial charge in [0.15, 0.2) is 0 Å². The molecule has 0 aliphatic carbocycles. The largest absolute Gasteiger partial charge is 0.378 e. The monoisotopic (exact) mass is 361 g/mol. The Morgan fingerprint density at radius 2 is 1.63 bits per heavy atom. The maximum absolute atomic E-state index is 4.76. The molecule has 0 saturated carbocycles. The predicted octanol–water partition coefficient (Wildman–Crippen LogP) is 5.06. The minimum Gasteiger partial charge on any atom is -0.378 e. The highest BCUT2D eigenvalue weighted by atomic mass is 15.2. The molecule has 27 heavy (non-hydrogen) atoms. The molecular formula is C22H27N5. The third-order valence-corrected chi connectivity index (χ3v) is 4.39. The summed E-state index contributed by atoms with van der Waals surface area (Å²) in [6.45, 7) is 7.06. The molecule has 1 aromatic heterocycles. The van der Waals surface area contributed by atoms with E-state index >= 15 is 0 Å². The quantitative estimate of drug-likeness (QED) is 0.665. The molecule has 3 aromatic rings. The van der Waals surface area contributed by atoms with E-state index in [-0.39, 0.29) is 0 Å². The smallest absolute Gasteiger partial charge is 0.229 e. The molecule has 0 aliphatic heterocycles. The molecule has 140 valence electrons. The lowest BCUT2D eigenvalue weighted by molar-refractivity contribution is 0.968. The number of benzene rings is 2. The van der Waals surface area contributed by atoms with Crippen LogP contribution < -0.4 is 15.1 Å². The Balaban J connectivity index is 1.89. The SMILES string of the molecule is CCN(c1cccc(C)c1)c1cc(C)nc(Nc2ccc(N(C)C)cc2)n1. The van der Waals surface area contributed by atoms with Crippen molar-refractivity contribution in [1.82, 2.24) is 9.97 Å². The van der Waals surface area contributed by atoms with Gasteiger partial charge in [-0.25, -0.2) is 4.98 Å². The fraction of sp³-hybridized carbons (Fsp3) is 0.273. The summed E-state index contributed by atoms with van der Waals surface area (Å²) in [4.78, 5) is 13.6. The fourth-order valence-corrected chi connectivity index (χ4v) is 2.99. The Kier molecular flexibility index (Phi) is 5.60. The van der Waals surface area contributed by atoms with Crippen molar-refractivity contribution in [2.75, 3.05) is 35.8 Å². The van der Waals surface area contributed by atoms with Gasteiger partial charge in [0.25, 0.3) is 0 Å². The Labute approximate surface area is 161 Å². The van der Waals surface area contributed by atoms with E-state index in [1.807, 2.05) is 39.2 Å². The Bertz CT molecular complexity index is 903. The fourth-order valence-electron chi connectivity index (χ4n) is 2.99. The molecule has 0 fully saturated rings. The highest BCUT2D eigenvalue weighted by Crippen LogP contribution is 2.26. The number of rotatable bonds is 6. The molecule has 5 heteroatoms. The second-order valence-corrected chi connectivity index (χ2v) is 6.84. The molecule has 5 nitrogen and oxygen atoms in total. The van der Waals surface area contributed by atoms with E-state index in [1.54, 1.807) is 0 Å². The molecule has 1 heterocycles. The first-order chi connectivity index (χ1) is 13.0. The van der Waals surface area contributed by atoms with Gasteiger partial charge in [0, 0.05) is 49.5 Å². The Hall–Kier alpha value is -3.08. The van der Waals surface area contributed by atoms with Gasteiger partial charge in [-0.05, 0) is 62.7 Å². The molecule has 2 aromatic carbocycles. The van der Waals surface area contributed by atoms with Gasteiger partial charge < -0.3 is 15.1 Å². The zero-order chi connectivity index (χ0) is 19.4. The van der Waals surface area contributed by atoms with E-state index in [2.05, 4.69) is 70.3 Å². The van der Waals surface area contributed by atoms with Crippen molar-refractivity contribution in [2.24, 2.45) is 0 Å². The van der Waals surface area contributed by atoms with E-state index in [0.717, 1.165) is 35.1 Å². The van der Waals surface area contributed by atoms with Gasteiger partial charge in [0.1, 0.15) is 5.82 Å². The lowest BCUT2D eigenvalue weighted by Crippen LogP contribution is -2.18. The maximum Gasteiger partial charge on any atom is 0.229 e. The van der Waals surface area contributed by atoms with Crippen LogP contribution >= 0.6 is 0 Å². The summed E-state index contributed by atoms with van der Waals surface area (Å²) >= 11 is 0. The number of anilines is 5. The van der Waals surface area contributed by atoms with Crippen molar-refractivity contribution in [2.45, 2.75) is 20.8 Å². The summed E-state index contributed by atoms with van der Waals surface area (Å²) in [6.07, 6.45) is 0. The summed E-state index contributed by atoms with van der Waals surface area (Å²) in [5, 5.41) is 3.33. The van der Waals surface area contributed by atoms with Crippen LogP contribution in [-0.2, 0) is 0 Å².